The van der Waals surface area contributed by atoms with Crippen molar-refractivity contribution in [2.75, 3.05) is 12.8 Å². The van der Waals surface area contributed by atoms with E-state index in [1.807, 2.05) is 13.0 Å². The lowest BCUT2D eigenvalue weighted by Gasteiger charge is -2.08. The Balaban J connectivity index is 2.49. The van der Waals surface area contributed by atoms with Crippen LogP contribution in [0, 0.1) is 6.92 Å². The third-order valence-electron chi connectivity index (χ3n) is 2.58. The minimum Gasteiger partial charge on any atom is -0.494 e. The molecule has 0 aliphatic rings. The Bertz CT molecular complexity index is 588. The van der Waals surface area contributed by atoms with E-state index >= 15 is 0 Å². The maximum atomic E-state index is 12.4. The standard InChI is InChI=1S/C13H12BrNO2S/c1-7-6-10(18-13(7)14)11(16)8-4-3-5-9(15)12(8)17-2/h3-6H,15H2,1-2H3. The molecule has 5 heteroatoms. The fraction of sp³-hybridized carbons (Fsp3) is 0.154. The minimum atomic E-state index is -0.0713. The number of nitrogens with two attached hydrogens (primary N) is 1. The van der Waals surface area contributed by atoms with E-state index in [9.17, 15) is 4.79 Å². The second-order valence-electron chi connectivity index (χ2n) is 3.82. The molecule has 0 unspecified atom stereocenters. The molecular formula is C13H12BrNO2S. The van der Waals surface area contributed by atoms with Gasteiger partial charge in [-0.15, -0.1) is 11.3 Å². The summed E-state index contributed by atoms with van der Waals surface area (Å²) in [5.41, 5.74) is 7.81. The van der Waals surface area contributed by atoms with Crippen LogP contribution in [0.2, 0.25) is 0 Å². The van der Waals surface area contributed by atoms with Crippen LogP contribution in [0.25, 0.3) is 0 Å². The predicted molar refractivity (Wildman–Crippen MR) is 77.6 cm³/mol. The molecule has 1 aromatic heterocycles. The highest BCUT2D eigenvalue weighted by Crippen LogP contribution is 2.33. The monoisotopic (exact) mass is 325 g/mol. The number of carbonyl (C=O) groups is 1. The first-order chi connectivity index (χ1) is 8.54. The maximum absolute atomic E-state index is 12.4. The van der Waals surface area contributed by atoms with Gasteiger partial charge in [-0.25, -0.2) is 0 Å². The summed E-state index contributed by atoms with van der Waals surface area (Å²) in [4.78, 5) is 13.1. The molecule has 3 nitrogen and oxygen atoms in total. The molecule has 18 heavy (non-hydrogen) atoms. The second kappa shape index (κ2) is 5.12. The third kappa shape index (κ3) is 2.28. The van der Waals surface area contributed by atoms with Crippen molar-refractivity contribution < 1.29 is 9.53 Å². The van der Waals surface area contributed by atoms with Gasteiger partial charge in [0.2, 0.25) is 5.78 Å². The number of thiophene rings is 1. The van der Waals surface area contributed by atoms with Crippen molar-refractivity contribution in [3.05, 3.63) is 44.1 Å². The quantitative estimate of drug-likeness (QED) is 0.692. The van der Waals surface area contributed by atoms with E-state index in [0.29, 0.717) is 21.9 Å². The zero-order chi connectivity index (χ0) is 13.3. The maximum Gasteiger partial charge on any atom is 0.206 e. The summed E-state index contributed by atoms with van der Waals surface area (Å²) in [6.07, 6.45) is 0. The normalized spacial score (nSPS) is 10.4. The average Bonchev–Trinajstić information content (AvgIpc) is 2.68. The molecule has 0 atom stereocenters. The highest BCUT2D eigenvalue weighted by atomic mass is 79.9. The number of ketones is 1. The number of anilines is 1. The number of halogens is 1. The molecule has 1 aromatic carbocycles. The SMILES string of the molecule is COc1c(N)cccc1C(=O)c1cc(C)c(Br)s1. The Kier molecular flexibility index (Phi) is 3.73. The van der Waals surface area contributed by atoms with Crippen molar-refractivity contribution in [2.45, 2.75) is 6.92 Å². The number of ether oxygens (including phenoxy) is 1. The van der Waals surface area contributed by atoms with Crippen molar-refractivity contribution in [3.63, 3.8) is 0 Å². The summed E-state index contributed by atoms with van der Waals surface area (Å²) in [5, 5.41) is 0. The van der Waals surface area contributed by atoms with Crippen molar-refractivity contribution in [1.29, 1.82) is 0 Å². The largest absolute Gasteiger partial charge is 0.494 e. The van der Waals surface area contributed by atoms with Crippen molar-refractivity contribution >= 4 is 38.7 Å². The molecule has 2 N–H and O–H groups in total. The Morgan fingerprint density at radius 2 is 2.17 bits per heavy atom. The van der Waals surface area contributed by atoms with Crippen molar-refractivity contribution in [3.8, 4) is 5.75 Å². The summed E-state index contributed by atoms with van der Waals surface area (Å²) in [7, 11) is 1.51. The Morgan fingerprint density at radius 3 is 2.72 bits per heavy atom. The van der Waals surface area contributed by atoms with Gasteiger partial charge in [-0.3, -0.25) is 4.79 Å². The van der Waals surface area contributed by atoms with Crippen LogP contribution in [0.5, 0.6) is 5.75 Å². The van der Waals surface area contributed by atoms with E-state index in [0.717, 1.165) is 9.35 Å². The molecule has 0 aliphatic heterocycles. The van der Waals surface area contributed by atoms with E-state index in [1.165, 1.54) is 18.4 Å². The molecule has 94 valence electrons. The molecule has 0 spiro atoms. The Hall–Kier alpha value is -1.33. The lowest BCUT2D eigenvalue weighted by Crippen LogP contribution is -2.04. The van der Waals surface area contributed by atoms with Crippen LogP contribution in [-0.2, 0) is 0 Å². The van der Waals surface area contributed by atoms with Crippen LogP contribution in [0.15, 0.2) is 28.1 Å². The van der Waals surface area contributed by atoms with Crippen LogP contribution in [-0.4, -0.2) is 12.9 Å². The molecule has 2 aromatic rings. The number of nitrogen functional groups attached to an aromatic ring is 1. The van der Waals surface area contributed by atoms with Crippen molar-refractivity contribution in [2.24, 2.45) is 0 Å². The summed E-state index contributed by atoms with van der Waals surface area (Å²) >= 11 is 4.83. The second-order valence-corrected chi connectivity index (χ2v) is 6.19. The topological polar surface area (TPSA) is 52.3 Å². The first-order valence-electron chi connectivity index (χ1n) is 5.27. The summed E-state index contributed by atoms with van der Waals surface area (Å²) in [6.45, 7) is 1.95. The lowest BCUT2D eigenvalue weighted by atomic mass is 10.1. The molecule has 0 aliphatic carbocycles. The fourth-order valence-corrected chi connectivity index (χ4v) is 3.15. The van der Waals surface area contributed by atoms with E-state index in [-0.39, 0.29) is 5.78 Å². The van der Waals surface area contributed by atoms with Gasteiger partial charge in [0, 0.05) is 0 Å². The van der Waals surface area contributed by atoms with E-state index < -0.39 is 0 Å². The zero-order valence-electron chi connectivity index (χ0n) is 9.99. The van der Waals surface area contributed by atoms with Gasteiger partial charge in [0.15, 0.2) is 5.75 Å². The van der Waals surface area contributed by atoms with Gasteiger partial charge in [0.25, 0.3) is 0 Å². The predicted octanol–water partition coefficient (Wildman–Crippen LogP) is 3.64. The van der Waals surface area contributed by atoms with Gasteiger partial charge in [0.05, 0.1) is 27.0 Å². The smallest absolute Gasteiger partial charge is 0.206 e. The van der Waals surface area contributed by atoms with Crippen LogP contribution in [0.3, 0.4) is 0 Å². The average molecular weight is 326 g/mol. The van der Waals surface area contributed by atoms with Crippen molar-refractivity contribution in [1.82, 2.24) is 0 Å². The summed E-state index contributed by atoms with van der Waals surface area (Å²) in [6, 6.07) is 7.05. The Morgan fingerprint density at radius 1 is 1.44 bits per heavy atom. The van der Waals surface area contributed by atoms with Gasteiger partial charge in [-0.05, 0) is 46.6 Å². The number of rotatable bonds is 3. The number of hydrogen-bond acceptors (Lipinski definition) is 4. The number of benzene rings is 1. The van der Waals surface area contributed by atoms with Crippen LogP contribution in [0.4, 0.5) is 5.69 Å². The molecule has 2 rings (SSSR count). The van der Waals surface area contributed by atoms with E-state index in [1.54, 1.807) is 18.2 Å². The van der Waals surface area contributed by atoms with Gasteiger partial charge in [-0.1, -0.05) is 6.07 Å². The summed E-state index contributed by atoms with van der Waals surface area (Å²) in [5.74, 6) is 0.364. The van der Waals surface area contributed by atoms with Gasteiger partial charge >= 0.3 is 0 Å². The highest BCUT2D eigenvalue weighted by molar-refractivity contribution is 9.11. The zero-order valence-corrected chi connectivity index (χ0v) is 12.4. The lowest BCUT2D eigenvalue weighted by molar-refractivity contribution is 0.103. The molecule has 0 radical (unpaired) electrons. The van der Waals surface area contributed by atoms with Gasteiger partial charge in [0.1, 0.15) is 0 Å². The Labute approximate surface area is 118 Å². The number of methoxy groups -OCH3 is 1. The van der Waals surface area contributed by atoms with E-state index in [2.05, 4.69) is 15.9 Å². The molecule has 0 saturated heterocycles. The highest BCUT2D eigenvalue weighted by Gasteiger charge is 2.18. The van der Waals surface area contributed by atoms with Gasteiger partial charge in [-0.2, -0.15) is 0 Å². The number of hydrogen-bond donors (Lipinski definition) is 1. The molecule has 0 amide bonds. The molecule has 1 heterocycles. The fourth-order valence-electron chi connectivity index (χ4n) is 1.67. The van der Waals surface area contributed by atoms with Crippen LogP contribution >= 0.6 is 27.3 Å². The third-order valence-corrected chi connectivity index (χ3v) is 4.71. The number of aryl methyl sites for hydroxylation is 1. The first kappa shape index (κ1) is 13.1. The summed E-state index contributed by atoms with van der Waals surface area (Å²) < 4.78 is 6.17. The van der Waals surface area contributed by atoms with Gasteiger partial charge < -0.3 is 10.5 Å². The minimum absolute atomic E-state index is 0.0713. The van der Waals surface area contributed by atoms with E-state index in [4.69, 9.17) is 10.5 Å². The number of para-hydroxylation sites is 1. The van der Waals surface area contributed by atoms with Crippen LogP contribution in [0.1, 0.15) is 20.8 Å². The number of carbonyl (C=O) groups excluding carboxylic acids is 1. The molecule has 0 bridgehead atoms. The molecular weight excluding hydrogens is 314 g/mol. The first-order valence-corrected chi connectivity index (χ1v) is 6.88. The van der Waals surface area contributed by atoms with Crippen LogP contribution < -0.4 is 10.5 Å². The molecule has 0 fully saturated rings. The molecule has 0 saturated carbocycles.